The second kappa shape index (κ2) is 7.45. The summed E-state index contributed by atoms with van der Waals surface area (Å²) < 4.78 is 40.0. The molecule has 148 valence electrons. The van der Waals surface area contributed by atoms with E-state index in [1.54, 1.807) is 29.2 Å². The molecule has 0 aliphatic carbocycles. The van der Waals surface area contributed by atoms with Gasteiger partial charge in [-0.05, 0) is 43.2 Å². The average molecular weight is 390 g/mol. The van der Waals surface area contributed by atoms with Crippen molar-refractivity contribution in [1.82, 2.24) is 9.80 Å². The number of carbonyl (C=O) groups excluding carboxylic acids is 2. The van der Waals surface area contributed by atoms with Crippen molar-refractivity contribution >= 4 is 22.6 Å². The van der Waals surface area contributed by atoms with Gasteiger partial charge in [0, 0.05) is 24.0 Å². The Labute approximate surface area is 160 Å². The van der Waals surface area contributed by atoms with Crippen LogP contribution in [-0.2, 0) is 4.79 Å². The first kappa shape index (κ1) is 18.8. The molecular formula is C21H21F3N2O2. The molecule has 0 bridgehead atoms. The summed E-state index contributed by atoms with van der Waals surface area (Å²) in [4.78, 5) is 28.1. The van der Waals surface area contributed by atoms with Crippen molar-refractivity contribution in [3.63, 3.8) is 0 Å². The van der Waals surface area contributed by atoms with Gasteiger partial charge in [-0.1, -0.05) is 24.3 Å². The molecule has 2 aromatic rings. The van der Waals surface area contributed by atoms with Crippen molar-refractivity contribution in [1.29, 1.82) is 0 Å². The molecular weight excluding hydrogens is 369 g/mol. The van der Waals surface area contributed by atoms with Crippen LogP contribution in [0.5, 0.6) is 0 Å². The fourth-order valence-electron chi connectivity index (χ4n) is 4.64. The molecule has 2 aliphatic heterocycles. The molecule has 2 unspecified atom stereocenters. The Morgan fingerprint density at radius 1 is 0.893 bits per heavy atom. The lowest BCUT2D eigenvalue weighted by molar-refractivity contribution is -0.144. The van der Waals surface area contributed by atoms with Gasteiger partial charge in [-0.2, -0.15) is 8.78 Å². The van der Waals surface area contributed by atoms with Crippen LogP contribution in [0.3, 0.4) is 0 Å². The fourth-order valence-corrected chi connectivity index (χ4v) is 4.64. The molecule has 0 saturated carbocycles. The van der Waals surface area contributed by atoms with E-state index in [0.717, 1.165) is 6.42 Å². The highest BCUT2D eigenvalue weighted by Gasteiger charge is 2.43. The van der Waals surface area contributed by atoms with E-state index >= 15 is 0 Å². The SMILES string of the molecule is O=C(c1ccc(F)c2ccccc12)N1CCCC1C1CCCN1C(=O)C(F)F. The molecule has 2 aliphatic rings. The zero-order valence-corrected chi connectivity index (χ0v) is 15.3. The molecule has 2 heterocycles. The van der Waals surface area contributed by atoms with Gasteiger partial charge in [-0.3, -0.25) is 9.59 Å². The third-order valence-electron chi connectivity index (χ3n) is 5.87. The normalized spacial score (nSPS) is 22.4. The van der Waals surface area contributed by atoms with Crippen LogP contribution < -0.4 is 0 Å². The third-order valence-corrected chi connectivity index (χ3v) is 5.87. The summed E-state index contributed by atoms with van der Waals surface area (Å²) in [6.07, 6.45) is -0.351. The molecule has 0 spiro atoms. The van der Waals surface area contributed by atoms with Crippen molar-refractivity contribution in [2.45, 2.75) is 44.2 Å². The maximum atomic E-state index is 14.1. The van der Waals surface area contributed by atoms with Gasteiger partial charge in [-0.25, -0.2) is 4.39 Å². The number of hydrogen-bond acceptors (Lipinski definition) is 2. The van der Waals surface area contributed by atoms with Crippen LogP contribution >= 0.6 is 0 Å². The van der Waals surface area contributed by atoms with E-state index in [1.807, 2.05) is 0 Å². The molecule has 0 N–H and O–H groups in total. The van der Waals surface area contributed by atoms with E-state index in [-0.39, 0.29) is 18.0 Å². The minimum atomic E-state index is -3.04. The number of amides is 2. The van der Waals surface area contributed by atoms with E-state index < -0.39 is 18.1 Å². The predicted molar refractivity (Wildman–Crippen MR) is 98.7 cm³/mol. The smallest absolute Gasteiger partial charge is 0.315 e. The summed E-state index contributed by atoms with van der Waals surface area (Å²) in [7, 11) is 0. The van der Waals surface area contributed by atoms with Crippen LogP contribution in [0.4, 0.5) is 13.2 Å². The maximum absolute atomic E-state index is 14.1. The first-order chi connectivity index (χ1) is 13.5. The molecule has 2 aromatic carbocycles. The first-order valence-electron chi connectivity index (χ1n) is 9.56. The van der Waals surface area contributed by atoms with Gasteiger partial charge >= 0.3 is 6.43 Å². The molecule has 0 radical (unpaired) electrons. The summed E-state index contributed by atoms with van der Waals surface area (Å²) in [5, 5.41) is 0.907. The number of nitrogens with zero attached hydrogens (tertiary/aromatic N) is 2. The lowest BCUT2D eigenvalue weighted by atomic mass is 10.00. The number of halogens is 3. The Kier molecular flexibility index (Phi) is 5.00. The van der Waals surface area contributed by atoms with Crippen LogP contribution in [0.1, 0.15) is 36.0 Å². The summed E-state index contributed by atoms with van der Waals surface area (Å²) >= 11 is 0. The van der Waals surface area contributed by atoms with Crippen LogP contribution in [0.15, 0.2) is 36.4 Å². The first-order valence-corrected chi connectivity index (χ1v) is 9.56. The molecule has 0 aromatic heterocycles. The molecule has 2 atom stereocenters. The van der Waals surface area contributed by atoms with Crippen LogP contribution in [-0.4, -0.2) is 53.2 Å². The quantitative estimate of drug-likeness (QED) is 0.799. The number of likely N-dealkylation sites (tertiary alicyclic amines) is 2. The Morgan fingerprint density at radius 3 is 2.18 bits per heavy atom. The lowest BCUT2D eigenvalue weighted by Gasteiger charge is -2.35. The summed E-state index contributed by atoms with van der Waals surface area (Å²) in [5.41, 5.74) is 0.397. The highest BCUT2D eigenvalue weighted by Crippen LogP contribution is 2.33. The monoisotopic (exact) mass is 390 g/mol. The molecule has 2 amide bonds. The largest absolute Gasteiger partial charge is 0.334 e. The van der Waals surface area contributed by atoms with Crippen LogP contribution in [0.2, 0.25) is 0 Å². The van der Waals surface area contributed by atoms with Gasteiger partial charge in [-0.15, -0.1) is 0 Å². The van der Waals surface area contributed by atoms with Gasteiger partial charge in [0.1, 0.15) is 5.82 Å². The second-order valence-corrected chi connectivity index (χ2v) is 7.39. The summed E-state index contributed by atoms with van der Waals surface area (Å²) in [6, 6.07) is 8.88. The topological polar surface area (TPSA) is 40.6 Å². The number of rotatable bonds is 3. The molecule has 2 saturated heterocycles. The molecule has 28 heavy (non-hydrogen) atoms. The number of benzene rings is 2. The standard InChI is InChI=1S/C21H21F3N2O2/c22-16-10-9-15(13-5-1-2-6-14(13)16)20(27)25-11-3-7-17(25)18-8-4-12-26(18)21(28)19(23)24/h1-2,5-6,9-10,17-19H,3-4,7-8,11-12H2. The third kappa shape index (κ3) is 3.12. The van der Waals surface area contributed by atoms with E-state index in [9.17, 15) is 22.8 Å². The van der Waals surface area contributed by atoms with E-state index in [0.29, 0.717) is 48.7 Å². The Bertz CT molecular complexity index is 918. The predicted octanol–water partition coefficient (Wildman–Crippen LogP) is 3.84. The molecule has 2 fully saturated rings. The van der Waals surface area contributed by atoms with Gasteiger partial charge in [0.2, 0.25) is 0 Å². The lowest BCUT2D eigenvalue weighted by Crippen LogP contribution is -2.51. The van der Waals surface area contributed by atoms with E-state index in [2.05, 4.69) is 0 Å². The highest BCUT2D eigenvalue weighted by atomic mass is 19.3. The minimum Gasteiger partial charge on any atom is -0.334 e. The molecule has 4 nitrogen and oxygen atoms in total. The molecule has 4 rings (SSSR count). The summed E-state index contributed by atoms with van der Waals surface area (Å²) in [6.45, 7) is 0.800. The fraction of sp³-hybridized carbons (Fsp3) is 0.429. The second-order valence-electron chi connectivity index (χ2n) is 7.39. The van der Waals surface area contributed by atoms with Gasteiger partial charge in [0.15, 0.2) is 0 Å². The van der Waals surface area contributed by atoms with Crippen molar-refractivity contribution < 1.29 is 22.8 Å². The van der Waals surface area contributed by atoms with Gasteiger partial charge in [0.25, 0.3) is 11.8 Å². The summed E-state index contributed by atoms with van der Waals surface area (Å²) in [5.74, 6) is -1.79. The Balaban J connectivity index is 1.65. The number of carbonyl (C=O) groups is 2. The van der Waals surface area contributed by atoms with Crippen molar-refractivity contribution in [3.05, 3.63) is 47.8 Å². The zero-order chi connectivity index (χ0) is 19.8. The Hall–Kier alpha value is -2.57. The maximum Gasteiger partial charge on any atom is 0.315 e. The highest BCUT2D eigenvalue weighted by molar-refractivity contribution is 6.07. The molecule has 7 heteroatoms. The number of hydrogen-bond donors (Lipinski definition) is 0. The van der Waals surface area contributed by atoms with E-state index in [1.165, 1.54) is 17.0 Å². The minimum absolute atomic E-state index is 0.241. The average Bonchev–Trinajstić information content (AvgIpc) is 3.36. The van der Waals surface area contributed by atoms with E-state index in [4.69, 9.17) is 0 Å². The van der Waals surface area contributed by atoms with Crippen molar-refractivity contribution in [2.24, 2.45) is 0 Å². The van der Waals surface area contributed by atoms with Crippen LogP contribution in [0, 0.1) is 5.82 Å². The zero-order valence-electron chi connectivity index (χ0n) is 15.3. The van der Waals surface area contributed by atoms with Gasteiger partial charge < -0.3 is 9.80 Å². The van der Waals surface area contributed by atoms with Gasteiger partial charge in [0.05, 0.1) is 12.1 Å². The Morgan fingerprint density at radius 2 is 1.50 bits per heavy atom. The van der Waals surface area contributed by atoms with Crippen LogP contribution in [0.25, 0.3) is 10.8 Å². The number of alkyl halides is 2. The number of fused-ring (bicyclic) bond motifs is 1. The van der Waals surface area contributed by atoms with Crippen molar-refractivity contribution in [2.75, 3.05) is 13.1 Å². The van der Waals surface area contributed by atoms with Crippen molar-refractivity contribution in [3.8, 4) is 0 Å².